The molecular weight excluding hydrogens is 246 g/mol. The number of nitrogens with two attached hydrogens (primary N) is 1. The summed E-state index contributed by atoms with van der Waals surface area (Å²) in [7, 11) is 0. The minimum atomic E-state index is -0.398. The molecule has 0 saturated heterocycles. The van der Waals surface area contributed by atoms with Crippen LogP contribution in [0.3, 0.4) is 0 Å². The first-order valence-electron chi connectivity index (χ1n) is 6.48. The van der Waals surface area contributed by atoms with E-state index in [1.165, 1.54) is 0 Å². The Morgan fingerprint density at radius 2 is 2.00 bits per heavy atom. The van der Waals surface area contributed by atoms with Gasteiger partial charge in [0, 0.05) is 18.6 Å². The van der Waals surface area contributed by atoms with Crippen molar-refractivity contribution in [2.75, 3.05) is 11.9 Å². The van der Waals surface area contributed by atoms with Crippen LogP contribution < -0.4 is 11.1 Å². The quantitative estimate of drug-likeness (QED) is 0.608. The zero-order valence-electron chi connectivity index (χ0n) is 12.2. The molecule has 0 spiro atoms. The van der Waals surface area contributed by atoms with Gasteiger partial charge < -0.3 is 11.1 Å². The van der Waals surface area contributed by atoms with Crippen molar-refractivity contribution in [2.24, 2.45) is 11.7 Å². The molecule has 1 atom stereocenters. The molecule has 1 aromatic heterocycles. The summed E-state index contributed by atoms with van der Waals surface area (Å²) in [4.78, 5) is 10.7. The first-order valence-corrected chi connectivity index (χ1v) is 6.48. The topological polar surface area (TPSA) is 99.0 Å². The van der Waals surface area contributed by atoms with E-state index >= 15 is 0 Å². The van der Waals surface area contributed by atoms with E-state index in [2.05, 4.69) is 10.4 Å². The average Bonchev–Trinajstić information content (AvgIpc) is 2.62. The van der Waals surface area contributed by atoms with Crippen molar-refractivity contribution in [2.45, 2.75) is 46.7 Å². The van der Waals surface area contributed by atoms with Crippen molar-refractivity contribution in [3.05, 3.63) is 15.8 Å². The summed E-state index contributed by atoms with van der Waals surface area (Å²) in [6.45, 7) is 10.0. The van der Waals surface area contributed by atoms with Crippen molar-refractivity contribution in [3.8, 4) is 0 Å². The number of hydrogen-bond donors (Lipinski definition) is 2. The highest BCUT2D eigenvalue weighted by molar-refractivity contribution is 5.59. The fourth-order valence-electron chi connectivity index (χ4n) is 1.75. The summed E-state index contributed by atoms with van der Waals surface area (Å²) >= 11 is 0. The van der Waals surface area contributed by atoms with Gasteiger partial charge in [-0.15, -0.1) is 0 Å². The van der Waals surface area contributed by atoms with Crippen molar-refractivity contribution in [1.29, 1.82) is 0 Å². The van der Waals surface area contributed by atoms with E-state index in [0.29, 0.717) is 24.0 Å². The second-order valence-corrected chi connectivity index (χ2v) is 5.37. The third-order valence-corrected chi connectivity index (χ3v) is 3.09. The fraction of sp³-hybridized carbons (Fsp3) is 0.750. The van der Waals surface area contributed by atoms with E-state index in [4.69, 9.17) is 5.73 Å². The number of nitro groups is 1. The lowest BCUT2D eigenvalue weighted by molar-refractivity contribution is -0.384. The smallest absolute Gasteiger partial charge is 0.333 e. The lowest BCUT2D eigenvalue weighted by Gasteiger charge is -2.18. The number of nitrogens with one attached hydrogen (secondary N) is 1. The van der Waals surface area contributed by atoms with Crippen LogP contribution in [0.25, 0.3) is 0 Å². The standard InChI is InChI=1S/C12H23N5O2/c1-7(2)10(13)6-14-12-11(17(18)19)9(5)15-16(12)8(3)4/h7-8,10,14H,6,13H2,1-5H3. The van der Waals surface area contributed by atoms with Crippen LogP contribution in [0.4, 0.5) is 11.5 Å². The zero-order valence-corrected chi connectivity index (χ0v) is 12.2. The Kier molecular flexibility index (Phi) is 4.88. The number of hydrogen-bond acceptors (Lipinski definition) is 5. The molecule has 1 heterocycles. The maximum atomic E-state index is 11.1. The highest BCUT2D eigenvalue weighted by Crippen LogP contribution is 2.30. The lowest BCUT2D eigenvalue weighted by Crippen LogP contribution is -2.34. The number of rotatable bonds is 6. The van der Waals surface area contributed by atoms with Gasteiger partial charge in [-0.3, -0.25) is 10.1 Å². The molecule has 19 heavy (non-hydrogen) atoms. The number of aromatic nitrogens is 2. The first-order chi connectivity index (χ1) is 8.75. The van der Waals surface area contributed by atoms with Crippen LogP contribution in [0.2, 0.25) is 0 Å². The molecule has 0 aliphatic heterocycles. The lowest BCUT2D eigenvalue weighted by atomic mass is 10.1. The second kappa shape index (κ2) is 6.01. The van der Waals surface area contributed by atoms with Gasteiger partial charge in [-0.2, -0.15) is 5.10 Å². The molecule has 0 bridgehead atoms. The summed E-state index contributed by atoms with van der Waals surface area (Å²) < 4.78 is 1.64. The maximum absolute atomic E-state index is 11.1. The predicted octanol–water partition coefficient (Wildman–Crippen LogP) is 2.08. The van der Waals surface area contributed by atoms with Crippen LogP contribution in [-0.4, -0.2) is 27.3 Å². The van der Waals surface area contributed by atoms with Crippen LogP contribution >= 0.6 is 0 Å². The van der Waals surface area contributed by atoms with Crippen LogP contribution in [0.5, 0.6) is 0 Å². The Morgan fingerprint density at radius 1 is 1.42 bits per heavy atom. The average molecular weight is 269 g/mol. The third kappa shape index (κ3) is 3.44. The van der Waals surface area contributed by atoms with E-state index in [-0.39, 0.29) is 17.8 Å². The summed E-state index contributed by atoms with van der Waals surface area (Å²) in [5.74, 6) is 0.747. The molecule has 1 rings (SSSR count). The van der Waals surface area contributed by atoms with Gasteiger partial charge >= 0.3 is 5.69 Å². The molecule has 0 fully saturated rings. The maximum Gasteiger partial charge on any atom is 0.333 e. The van der Waals surface area contributed by atoms with E-state index in [1.54, 1.807) is 11.6 Å². The van der Waals surface area contributed by atoms with Crippen molar-refractivity contribution >= 4 is 11.5 Å². The number of aryl methyl sites for hydroxylation is 1. The summed E-state index contributed by atoms with van der Waals surface area (Å²) in [6.07, 6.45) is 0. The van der Waals surface area contributed by atoms with Gasteiger partial charge in [0.1, 0.15) is 5.69 Å². The van der Waals surface area contributed by atoms with Gasteiger partial charge in [0.2, 0.25) is 5.82 Å². The van der Waals surface area contributed by atoms with Gasteiger partial charge in [0.25, 0.3) is 0 Å². The molecular formula is C12H23N5O2. The SMILES string of the molecule is Cc1nn(C(C)C)c(NCC(N)C(C)C)c1[N+](=O)[O-]. The second-order valence-electron chi connectivity index (χ2n) is 5.37. The first kappa shape index (κ1) is 15.4. The van der Waals surface area contributed by atoms with Gasteiger partial charge in [-0.05, 0) is 26.7 Å². The Labute approximate surface area is 113 Å². The van der Waals surface area contributed by atoms with Crippen LogP contribution in [0.1, 0.15) is 39.4 Å². The molecule has 7 nitrogen and oxygen atoms in total. The summed E-state index contributed by atoms with van der Waals surface area (Å²) in [5.41, 5.74) is 6.41. The Morgan fingerprint density at radius 3 is 2.42 bits per heavy atom. The van der Waals surface area contributed by atoms with E-state index in [9.17, 15) is 10.1 Å². The Bertz CT molecular complexity index is 453. The number of anilines is 1. The minimum Gasteiger partial charge on any atom is -0.363 e. The Balaban J connectivity index is 3.05. The zero-order chi connectivity index (χ0) is 14.7. The van der Waals surface area contributed by atoms with Gasteiger partial charge in [0.15, 0.2) is 0 Å². The van der Waals surface area contributed by atoms with Gasteiger partial charge in [-0.1, -0.05) is 13.8 Å². The van der Waals surface area contributed by atoms with E-state index in [0.717, 1.165) is 0 Å². The third-order valence-electron chi connectivity index (χ3n) is 3.09. The van der Waals surface area contributed by atoms with Crippen LogP contribution in [0.15, 0.2) is 0 Å². The molecule has 7 heteroatoms. The molecule has 0 aromatic carbocycles. The molecule has 0 amide bonds. The molecule has 1 aromatic rings. The molecule has 1 unspecified atom stereocenters. The minimum absolute atomic E-state index is 0.0321. The highest BCUT2D eigenvalue weighted by Gasteiger charge is 2.26. The fourth-order valence-corrected chi connectivity index (χ4v) is 1.75. The van der Waals surface area contributed by atoms with Crippen LogP contribution in [-0.2, 0) is 0 Å². The molecule has 0 aliphatic carbocycles. The molecule has 108 valence electrons. The normalized spacial score (nSPS) is 13.1. The van der Waals surface area contributed by atoms with Gasteiger partial charge in [-0.25, -0.2) is 4.68 Å². The number of nitrogens with zero attached hydrogens (tertiary/aromatic N) is 3. The predicted molar refractivity (Wildman–Crippen MR) is 75.3 cm³/mol. The van der Waals surface area contributed by atoms with Gasteiger partial charge in [0.05, 0.1) is 4.92 Å². The highest BCUT2D eigenvalue weighted by atomic mass is 16.6. The van der Waals surface area contributed by atoms with Crippen molar-refractivity contribution in [3.63, 3.8) is 0 Å². The summed E-state index contributed by atoms with van der Waals surface area (Å²) in [5, 5.41) is 18.4. The van der Waals surface area contributed by atoms with Crippen molar-refractivity contribution in [1.82, 2.24) is 9.78 Å². The Hall–Kier alpha value is -1.63. The van der Waals surface area contributed by atoms with E-state index < -0.39 is 4.92 Å². The molecule has 3 N–H and O–H groups in total. The molecule has 0 aliphatic rings. The van der Waals surface area contributed by atoms with Crippen molar-refractivity contribution < 1.29 is 4.92 Å². The molecule has 0 saturated carbocycles. The van der Waals surface area contributed by atoms with E-state index in [1.807, 2.05) is 27.7 Å². The van der Waals surface area contributed by atoms with Crippen LogP contribution in [0, 0.1) is 23.0 Å². The monoisotopic (exact) mass is 269 g/mol. The molecule has 0 radical (unpaired) electrons. The summed E-state index contributed by atoms with van der Waals surface area (Å²) in [6, 6.07) is -0.0133. The largest absolute Gasteiger partial charge is 0.363 e.